The number of rotatable bonds is 4. The molecule has 4 rings (SSSR count). The van der Waals surface area contributed by atoms with Crippen LogP contribution in [0.2, 0.25) is 0 Å². The minimum Gasteiger partial charge on any atom is -0.493 e. The fraction of sp³-hybridized carbons (Fsp3) is 0.211. The van der Waals surface area contributed by atoms with Crippen molar-refractivity contribution in [2.75, 3.05) is 6.61 Å². The first-order valence-electron chi connectivity index (χ1n) is 8.08. The van der Waals surface area contributed by atoms with E-state index in [2.05, 4.69) is 15.0 Å². The maximum atomic E-state index is 10.8. The van der Waals surface area contributed by atoms with Crippen LogP contribution in [0, 0.1) is 5.92 Å². The van der Waals surface area contributed by atoms with Gasteiger partial charge in [-0.15, -0.1) is 0 Å². The Morgan fingerprint density at radius 3 is 2.80 bits per heavy atom. The highest BCUT2D eigenvalue weighted by Crippen LogP contribution is 2.39. The van der Waals surface area contributed by atoms with Crippen molar-refractivity contribution in [1.29, 1.82) is 0 Å². The van der Waals surface area contributed by atoms with E-state index in [1.807, 2.05) is 18.3 Å². The zero-order valence-electron chi connectivity index (χ0n) is 13.4. The lowest BCUT2D eigenvalue weighted by Gasteiger charge is -2.30. The molecule has 0 aliphatic carbocycles. The van der Waals surface area contributed by atoms with Gasteiger partial charge >= 0.3 is 6.01 Å². The van der Waals surface area contributed by atoms with Crippen molar-refractivity contribution in [2.24, 2.45) is 5.92 Å². The number of fused-ring (bicyclic) bond motifs is 1. The molecule has 0 saturated heterocycles. The van der Waals surface area contributed by atoms with Crippen LogP contribution in [0.5, 0.6) is 17.5 Å². The lowest BCUT2D eigenvalue weighted by Crippen LogP contribution is -2.27. The smallest absolute Gasteiger partial charge is 0.321 e. The van der Waals surface area contributed by atoms with Gasteiger partial charge in [-0.1, -0.05) is 6.07 Å². The van der Waals surface area contributed by atoms with Crippen LogP contribution in [-0.2, 0) is 6.42 Å². The zero-order chi connectivity index (χ0) is 17.1. The number of ether oxygens (including phenoxy) is 2. The fourth-order valence-corrected chi connectivity index (χ4v) is 2.93. The fourth-order valence-electron chi connectivity index (χ4n) is 2.93. The van der Waals surface area contributed by atoms with Crippen molar-refractivity contribution in [3.05, 3.63) is 72.3 Å². The third kappa shape index (κ3) is 3.44. The first-order valence-corrected chi connectivity index (χ1v) is 8.08. The summed E-state index contributed by atoms with van der Waals surface area (Å²) in [6.45, 7) is 0.463. The molecule has 0 radical (unpaired) electrons. The molecule has 0 fully saturated rings. The zero-order valence-corrected chi connectivity index (χ0v) is 13.4. The lowest BCUT2D eigenvalue weighted by molar-refractivity contribution is 0.0505. The molecule has 1 N–H and O–H groups in total. The number of aliphatic hydroxyl groups excluding tert-OH is 1. The minimum atomic E-state index is -0.635. The van der Waals surface area contributed by atoms with Crippen LogP contribution in [0.3, 0.4) is 0 Å². The van der Waals surface area contributed by atoms with Gasteiger partial charge in [-0.3, -0.25) is 4.98 Å². The molecule has 6 nitrogen and oxygen atoms in total. The van der Waals surface area contributed by atoms with Gasteiger partial charge in [0.05, 0.1) is 12.7 Å². The summed E-state index contributed by atoms with van der Waals surface area (Å²) in [4.78, 5) is 12.2. The summed E-state index contributed by atoms with van der Waals surface area (Å²) in [5.41, 5.74) is 1.79. The number of aromatic nitrogens is 3. The summed E-state index contributed by atoms with van der Waals surface area (Å²) in [7, 11) is 0. The van der Waals surface area contributed by atoms with Crippen molar-refractivity contribution in [3.63, 3.8) is 0 Å². The number of hydrogen-bond acceptors (Lipinski definition) is 6. The molecule has 2 unspecified atom stereocenters. The van der Waals surface area contributed by atoms with E-state index in [0.29, 0.717) is 30.1 Å². The normalized spacial score (nSPS) is 18.9. The molecule has 0 bridgehead atoms. The van der Waals surface area contributed by atoms with Crippen LogP contribution in [-0.4, -0.2) is 26.7 Å². The Balaban J connectivity index is 1.55. The van der Waals surface area contributed by atoms with E-state index in [1.165, 1.54) is 0 Å². The average Bonchev–Trinajstić information content (AvgIpc) is 2.66. The van der Waals surface area contributed by atoms with E-state index in [0.717, 1.165) is 5.56 Å². The lowest BCUT2D eigenvalue weighted by atomic mass is 9.88. The Bertz CT molecular complexity index is 843. The second-order valence-electron chi connectivity index (χ2n) is 5.91. The SMILES string of the molecule is OC1c2cc(Oc3ncccn3)ccc2OCC1Cc1cccnc1. The van der Waals surface area contributed by atoms with Crippen molar-refractivity contribution in [1.82, 2.24) is 15.0 Å². The summed E-state index contributed by atoms with van der Waals surface area (Å²) < 4.78 is 11.5. The number of nitrogens with zero attached hydrogens (tertiary/aromatic N) is 3. The van der Waals surface area contributed by atoms with Gasteiger partial charge in [0.1, 0.15) is 11.5 Å². The molecule has 0 spiro atoms. The monoisotopic (exact) mass is 335 g/mol. The second-order valence-corrected chi connectivity index (χ2v) is 5.91. The molecule has 25 heavy (non-hydrogen) atoms. The molecule has 6 heteroatoms. The van der Waals surface area contributed by atoms with Gasteiger partial charge in [0.25, 0.3) is 0 Å². The van der Waals surface area contributed by atoms with Crippen molar-refractivity contribution >= 4 is 0 Å². The number of benzene rings is 1. The predicted molar refractivity (Wildman–Crippen MR) is 90.4 cm³/mol. The second kappa shape index (κ2) is 6.86. The van der Waals surface area contributed by atoms with E-state index in [-0.39, 0.29) is 11.9 Å². The van der Waals surface area contributed by atoms with Gasteiger partial charge in [0.15, 0.2) is 0 Å². The van der Waals surface area contributed by atoms with Crippen molar-refractivity contribution in [2.45, 2.75) is 12.5 Å². The third-order valence-corrected chi connectivity index (χ3v) is 4.17. The Hall–Kier alpha value is -2.99. The number of aliphatic hydroxyl groups is 1. The molecule has 0 amide bonds. The van der Waals surface area contributed by atoms with E-state index < -0.39 is 6.10 Å². The quantitative estimate of drug-likeness (QED) is 0.790. The van der Waals surface area contributed by atoms with E-state index in [9.17, 15) is 5.11 Å². The van der Waals surface area contributed by atoms with Gasteiger partial charge in [-0.25, -0.2) is 9.97 Å². The van der Waals surface area contributed by atoms with E-state index >= 15 is 0 Å². The molecule has 3 heterocycles. The number of pyridine rings is 1. The first-order chi connectivity index (χ1) is 12.3. The van der Waals surface area contributed by atoms with Crippen LogP contribution in [0.1, 0.15) is 17.2 Å². The van der Waals surface area contributed by atoms with Gasteiger partial charge in [-0.05, 0) is 42.3 Å². The van der Waals surface area contributed by atoms with Gasteiger partial charge in [0.2, 0.25) is 0 Å². The molecule has 1 aliphatic rings. The van der Waals surface area contributed by atoms with Crippen LogP contribution in [0.4, 0.5) is 0 Å². The molecule has 126 valence electrons. The standard InChI is InChI=1S/C19H17N3O3/c23-18-14(9-13-3-1-6-20-11-13)12-24-17-5-4-15(10-16(17)18)25-19-21-7-2-8-22-19/h1-8,10-11,14,18,23H,9,12H2. The minimum absolute atomic E-state index is 0.0417. The van der Waals surface area contributed by atoms with Gasteiger partial charge in [-0.2, -0.15) is 0 Å². The van der Waals surface area contributed by atoms with Gasteiger partial charge in [0, 0.05) is 36.3 Å². The van der Waals surface area contributed by atoms with Crippen LogP contribution < -0.4 is 9.47 Å². The van der Waals surface area contributed by atoms with Crippen LogP contribution >= 0.6 is 0 Å². The highest BCUT2D eigenvalue weighted by atomic mass is 16.5. The maximum absolute atomic E-state index is 10.8. The largest absolute Gasteiger partial charge is 0.493 e. The van der Waals surface area contributed by atoms with Crippen LogP contribution in [0.25, 0.3) is 0 Å². The summed E-state index contributed by atoms with van der Waals surface area (Å²) in [6.07, 6.45) is 6.84. The molecule has 1 aromatic carbocycles. The van der Waals surface area contributed by atoms with Crippen molar-refractivity contribution < 1.29 is 14.6 Å². The van der Waals surface area contributed by atoms with E-state index in [1.54, 1.807) is 42.9 Å². The highest BCUT2D eigenvalue weighted by Gasteiger charge is 2.30. The van der Waals surface area contributed by atoms with E-state index in [4.69, 9.17) is 9.47 Å². The Kier molecular flexibility index (Phi) is 4.26. The Morgan fingerprint density at radius 1 is 1.12 bits per heavy atom. The summed E-state index contributed by atoms with van der Waals surface area (Å²) in [6, 6.07) is 11.2. The summed E-state index contributed by atoms with van der Waals surface area (Å²) in [5.74, 6) is 1.20. The first kappa shape index (κ1) is 15.5. The van der Waals surface area contributed by atoms with Crippen molar-refractivity contribution in [3.8, 4) is 17.5 Å². The maximum Gasteiger partial charge on any atom is 0.321 e. The van der Waals surface area contributed by atoms with Crippen LogP contribution in [0.15, 0.2) is 61.2 Å². The van der Waals surface area contributed by atoms with Gasteiger partial charge < -0.3 is 14.6 Å². The molecule has 2 aromatic heterocycles. The highest BCUT2D eigenvalue weighted by molar-refractivity contribution is 5.44. The number of hydrogen-bond donors (Lipinski definition) is 1. The average molecular weight is 335 g/mol. The summed E-state index contributed by atoms with van der Waals surface area (Å²) in [5, 5.41) is 10.8. The molecule has 0 saturated carbocycles. The molecule has 3 aromatic rings. The third-order valence-electron chi connectivity index (χ3n) is 4.17. The predicted octanol–water partition coefficient (Wildman–Crippen LogP) is 2.95. The Morgan fingerprint density at radius 2 is 2.00 bits per heavy atom. The molecule has 1 aliphatic heterocycles. The topological polar surface area (TPSA) is 77.4 Å². The Labute approximate surface area is 145 Å². The molecular formula is C19H17N3O3. The summed E-state index contributed by atoms with van der Waals surface area (Å²) >= 11 is 0. The molecular weight excluding hydrogens is 318 g/mol. The molecule has 2 atom stereocenters.